The first-order chi connectivity index (χ1) is 21.7. The van der Waals surface area contributed by atoms with Gasteiger partial charge in [0.2, 0.25) is 5.95 Å². The minimum atomic E-state index is 0.229. The van der Waals surface area contributed by atoms with Crippen molar-refractivity contribution in [1.82, 2.24) is 29.7 Å². The summed E-state index contributed by atoms with van der Waals surface area (Å²) in [5.41, 5.74) is 3.27. The number of aliphatic hydroxyl groups excluding tert-OH is 1. The molecule has 10 heteroatoms. The van der Waals surface area contributed by atoms with E-state index >= 15 is 0 Å². The Bertz CT molecular complexity index is 1620. The molecule has 0 unspecified atom stereocenters. The molecule has 0 saturated carbocycles. The molecule has 0 amide bonds. The van der Waals surface area contributed by atoms with Crippen LogP contribution in [0.5, 0.6) is 17.2 Å². The monoisotopic (exact) mass is 591 g/mol. The lowest BCUT2D eigenvalue weighted by atomic mass is 10.2. The number of nitrogens with one attached hydrogen (secondary N) is 2. The number of β-amino-alcohol motifs (C(OH)–C–C–N with tert-alkyl or cyclic N) is 1. The van der Waals surface area contributed by atoms with Crippen LogP contribution in [0.4, 0.5) is 11.6 Å². The van der Waals surface area contributed by atoms with Gasteiger partial charge in [-0.15, -0.1) is 0 Å². The van der Waals surface area contributed by atoms with E-state index < -0.39 is 0 Å². The van der Waals surface area contributed by atoms with Crippen LogP contribution in [0.25, 0.3) is 22.8 Å². The number of rotatable bonds is 13. The lowest BCUT2D eigenvalue weighted by Crippen LogP contribution is -2.47. The molecule has 3 aromatic carbocycles. The van der Waals surface area contributed by atoms with Crippen molar-refractivity contribution in [3.63, 3.8) is 0 Å². The highest BCUT2D eigenvalue weighted by atomic mass is 16.5. The van der Waals surface area contributed by atoms with E-state index in [4.69, 9.17) is 19.6 Å². The Morgan fingerprint density at radius 2 is 1.57 bits per heavy atom. The number of hydrogen-bond donors (Lipinski definition) is 3. The van der Waals surface area contributed by atoms with Gasteiger partial charge in [0.25, 0.3) is 0 Å². The fraction of sp³-hybridized carbons (Fsp3) is 0.265. The highest BCUT2D eigenvalue weighted by molar-refractivity contribution is 5.65. The van der Waals surface area contributed by atoms with Crippen LogP contribution in [0.2, 0.25) is 0 Å². The fourth-order valence-electron chi connectivity index (χ4n) is 5.15. The molecule has 6 rings (SSSR count). The van der Waals surface area contributed by atoms with Crippen molar-refractivity contribution in [1.29, 1.82) is 0 Å². The SMILES string of the molecule is OCCN1CCN(CCCOc2cccc(Nc3nccc(-c4cnc(-c5cccc(Oc6ccccc6)c5)[nH]4)n3)c2)CC1. The number of H-pyrrole nitrogens is 1. The first-order valence-electron chi connectivity index (χ1n) is 15.0. The average molecular weight is 592 g/mol. The number of aromatic amines is 1. The third-order valence-corrected chi connectivity index (χ3v) is 7.45. The molecule has 5 aromatic rings. The number of para-hydroxylation sites is 1. The fourth-order valence-corrected chi connectivity index (χ4v) is 5.15. The summed E-state index contributed by atoms with van der Waals surface area (Å²) in [7, 11) is 0. The predicted octanol–water partition coefficient (Wildman–Crippen LogP) is 5.45. The maximum Gasteiger partial charge on any atom is 0.227 e. The van der Waals surface area contributed by atoms with Crippen LogP contribution in [0.15, 0.2) is 97.3 Å². The Morgan fingerprint density at radius 3 is 2.41 bits per heavy atom. The van der Waals surface area contributed by atoms with E-state index in [-0.39, 0.29) is 6.61 Å². The van der Waals surface area contributed by atoms with E-state index in [2.05, 4.69) is 30.1 Å². The number of ether oxygens (including phenoxy) is 2. The summed E-state index contributed by atoms with van der Waals surface area (Å²) in [6.45, 7) is 6.75. The second kappa shape index (κ2) is 14.6. The molecule has 2 aromatic heterocycles. The summed E-state index contributed by atoms with van der Waals surface area (Å²) >= 11 is 0. The highest BCUT2D eigenvalue weighted by Crippen LogP contribution is 2.28. The molecule has 1 aliphatic rings. The van der Waals surface area contributed by atoms with Crippen LogP contribution < -0.4 is 14.8 Å². The number of aromatic nitrogens is 4. The molecule has 1 aliphatic heterocycles. The van der Waals surface area contributed by atoms with E-state index in [9.17, 15) is 0 Å². The smallest absolute Gasteiger partial charge is 0.227 e. The van der Waals surface area contributed by atoms with Crippen molar-refractivity contribution < 1.29 is 14.6 Å². The molecule has 10 nitrogen and oxygen atoms in total. The maximum atomic E-state index is 9.11. The molecule has 0 aliphatic carbocycles. The van der Waals surface area contributed by atoms with Gasteiger partial charge < -0.3 is 29.8 Å². The van der Waals surface area contributed by atoms with Gasteiger partial charge in [-0.2, -0.15) is 0 Å². The quantitative estimate of drug-likeness (QED) is 0.154. The van der Waals surface area contributed by atoms with Crippen molar-refractivity contribution in [2.75, 3.05) is 57.8 Å². The first kappa shape index (κ1) is 29.3. The van der Waals surface area contributed by atoms with Crippen LogP contribution in [-0.2, 0) is 0 Å². The maximum absolute atomic E-state index is 9.11. The minimum absolute atomic E-state index is 0.229. The van der Waals surface area contributed by atoms with Gasteiger partial charge in [0.1, 0.15) is 23.1 Å². The number of anilines is 2. The van der Waals surface area contributed by atoms with Crippen molar-refractivity contribution in [2.45, 2.75) is 6.42 Å². The average Bonchev–Trinajstić information content (AvgIpc) is 3.56. The standard InChI is InChI=1S/C34H37N7O3/c42-21-20-41-18-16-40(17-19-41)15-6-22-43-29-11-5-8-27(24-29)37-34-35-14-13-31(39-34)32-25-36-33(38-32)26-7-4-12-30(23-26)44-28-9-2-1-3-10-28/h1-5,7-14,23-25,42H,6,15-22H2,(H,36,38)(H,35,37,39). The van der Waals surface area contributed by atoms with Crippen LogP contribution in [-0.4, -0.2) is 87.3 Å². The number of piperazine rings is 1. The summed E-state index contributed by atoms with van der Waals surface area (Å²) in [5, 5.41) is 12.4. The van der Waals surface area contributed by atoms with Gasteiger partial charge in [-0.25, -0.2) is 15.0 Å². The Kier molecular flexibility index (Phi) is 9.73. The van der Waals surface area contributed by atoms with E-state index in [1.54, 1.807) is 12.4 Å². The summed E-state index contributed by atoms with van der Waals surface area (Å²) in [6.07, 6.45) is 4.46. The highest BCUT2D eigenvalue weighted by Gasteiger charge is 2.16. The number of nitrogens with zero attached hydrogens (tertiary/aromatic N) is 5. The third kappa shape index (κ3) is 7.99. The number of aliphatic hydroxyl groups is 1. The molecule has 0 atom stereocenters. The van der Waals surface area contributed by atoms with Crippen molar-refractivity contribution >= 4 is 11.6 Å². The van der Waals surface area contributed by atoms with Gasteiger partial charge in [-0.1, -0.05) is 36.4 Å². The second-order valence-corrected chi connectivity index (χ2v) is 10.6. The van der Waals surface area contributed by atoms with E-state index in [1.807, 2.05) is 84.9 Å². The number of imidazole rings is 1. The predicted molar refractivity (Wildman–Crippen MR) is 171 cm³/mol. The molecular weight excluding hydrogens is 554 g/mol. The molecule has 0 bridgehead atoms. The normalized spacial score (nSPS) is 13.9. The summed E-state index contributed by atoms with van der Waals surface area (Å²) in [4.78, 5) is 21.9. The third-order valence-electron chi connectivity index (χ3n) is 7.45. The summed E-state index contributed by atoms with van der Waals surface area (Å²) in [6, 6.07) is 27.2. The van der Waals surface area contributed by atoms with Gasteiger partial charge in [0.15, 0.2) is 0 Å². The summed E-state index contributed by atoms with van der Waals surface area (Å²) < 4.78 is 12.0. The summed E-state index contributed by atoms with van der Waals surface area (Å²) in [5.74, 6) is 3.52. The Hall–Kier alpha value is -4.77. The lowest BCUT2D eigenvalue weighted by molar-refractivity contribution is 0.108. The second-order valence-electron chi connectivity index (χ2n) is 10.6. The Labute approximate surface area is 257 Å². The van der Waals surface area contributed by atoms with E-state index in [0.29, 0.717) is 12.6 Å². The number of hydrogen-bond acceptors (Lipinski definition) is 9. The van der Waals surface area contributed by atoms with Crippen LogP contribution in [0.3, 0.4) is 0 Å². The molecule has 1 fully saturated rings. The molecule has 44 heavy (non-hydrogen) atoms. The van der Waals surface area contributed by atoms with Gasteiger partial charge in [0.05, 0.1) is 30.8 Å². The van der Waals surface area contributed by atoms with Gasteiger partial charge in [-0.3, -0.25) is 4.90 Å². The van der Waals surface area contributed by atoms with Crippen LogP contribution in [0.1, 0.15) is 6.42 Å². The van der Waals surface area contributed by atoms with Crippen LogP contribution in [0, 0.1) is 0 Å². The van der Waals surface area contributed by atoms with Crippen LogP contribution >= 0.6 is 0 Å². The Morgan fingerprint density at radius 1 is 0.795 bits per heavy atom. The molecule has 226 valence electrons. The lowest BCUT2D eigenvalue weighted by Gasteiger charge is -2.34. The van der Waals surface area contributed by atoms with Gasteiger partial charge >= 0.3 is 0 Å². The van der Waals surface area contributed by atoms with Crippen molar-refractivity contribution in [2.24, 2.45) is 0 Å². The van der Waals surface area contributed by atoms with E-state index in [0.717, 1.165) is 91.4 Å². The molecule has 0 radical (unpaired) electrons. The molecular formula is C34H37N7O3. The molecule has 3 heterocycles. The minimum Gasteiger partial charge on any atom is -0.493 e. The zero-order valence-corrected chi connectivity index (χ0v) is 24.6. The van der Waals surface area contributed by atoms with Crippen molar-refractivity contribution in [3.8, 4) is 40.0 Å². The largest absolute Gasteiger partial charge is 0.493 e. The topological polar surface area (TPSA) is 112 Å². The van der Waals surface area contributed by atoms with Crippen molar-refractivity contribution in [3.05, 3.63) is 97.3 Å². The zero-order valence-electron chi connectivity index (χ0n) is 24.6. The van der Waals surface area contributed by atoms with Gasteiger partial charge in [0, 0.05) is 62.8 Å². The van der Waals surface area contributed by atoms with Gasteiger partial charge in [-0.05, 0) is 48.9 Å². The molecule has 3 N–H and O–H groups in total. The molecule has 0 spiro atoms. The number of benzene rings is 3. The van der Waals surface area contributed by atoms with E-state index in [1.165, 1.54) is 0 Å². The Balaban J connectivity index is 1.03. The molecule has 1 saturated heterocycles. The zero-order chi connectivity index (χ0) is 30.0. The first-order valence-corrected chi connectivity index (χ1v) is 15.0.